The predicted octanol–water partition coefficient (Wildman–Crippen LogP) is 1.06. The van der Waals surface area contributed by atoms with E-state index in [2.05, 4.69) is 14.9 Å². The predicted molar refractivity (Wildman–Crippen MR) is 39.3 cm³/mol. The standard InChI is InChI=1S/C7H7F3N2O2/c8-7(9,10)6(14-4-13)1-5-2-11-12-3-5/h2-4,6H,1H2,(H,11,12). The number of carbonyl (C=O) groups is 1. The van der Waals surface area contributed by atoms with Crippen molar-refractivity contribution >= 4 is 6.47 Å². The highest BCUT2D eigenvalue weighted by atomic mass is 19.4. The SMILES string of the molecule is O=COC(Cc1cn[nH]c1)C(F)(F)F. The largest absolute Gasteiger partial charge is 0.455 e. The number of nitrogens with one attached hydrogen (secondary N) is 1. The molecule has 0 aliphatic carbocycles. The maximum atomic E-state index is 12.2. The number of aromatic nitrogens is 2. The van der Waals surface area contributed by atoms with E-state index >= 15 is 0 Å². The average molecular weight is 208 g/mol. The molecule has 0 fully saturated rings. The molecular formula is C7H7F3N2O2. The molecule has 0 amide bonds. The van der Waals surface area contributed by atoms with Gasteiger partial charge in [-0.1, -0.05) is 0 Å². The van der Waals surface area contributed by atoms with Crippen LogP contribution in [0.4, 0.5) is 13.2 Å². The third-order valence-corrected chi connectivity index (χ3v) is 1.56. The quantitative estimate of drug-likeness (QED) is 0.752. The minimum absolute atomic E-state index is 0.210. The topological polar surface area (TPSA) is 55.0 Å². The van der Waals surface area contributed by atoms with Crippen LogP contribution in [-0.4, -0.2) is 28.9 Å². The number of ether oxygens (including phenoxy) is 1. The molecule has 78 valence electrons. The highest BCUT2D eigenvalue weighted by molar-refractivity contribution is 5.37. The van der Waals surface area contributed by atoms with Gasteiger partial charge >= 0.3 is 6.18 Å². The van der Waals surface area contributed by atoms with Gasteiger partial charge in [0.05, 0.1) is 6.20 Å². The molecule has 0 saturated heterocycles. The van der Waals surface area contributed by atoms with Gasteiger partial charge in [0.25, 0.3) is 6.47 Å². The second-order valence-corrected chi connectivity index (χ2v) is 2.57. The van der Waals surface area contributed by atoms with Crippen LogP contribution in [0.1, 0.15) is 5.56 Å². The Hall–Kier alpha value is -1.53. The van der Waals surface area contributed by atoms with Gasteiger partial charge in [0.2, 0.25) is 6.10 Å². The molecule has 0 aliphatic rings. The summed E-state index contributed by atoms with van der Waals surface area (Å²) in [5.41, 5.74) is 0.328. The van der Waals surface area contributed by atoms with Gasteiger partial charge in [-0.05, 0) is 5.56 Å². The Labute approximate surface area is 77.1 Å². The number of H-pyrrole nitrogens is 1. The second-order valence-electron chi connectivity index (χ2n) is 2.57. The van der Waals surface area contributed by atoms with Crippen LogP contribution in [0, 0.1) is 0 Å². The summed E-state index contributed by atoms with van der Waals surface area (Å²) in [5.74, 6) is 0. The van der Waals surface area contributed by atoms with Crippen molar-refractivity contribution in [3.63, 3.8) is 0 Å². The smallest absolute Gasteiger partial charge is 0.425 e. The molecule has 1 N–H and O–H groups in total. The average Bonchev–Trinajstić information content (AvgIpc) is 2.54. The van der Waals surface area contributed by atoms with Crippen molar-refractivity contribution in [1.82, 2.24) is 10.2 Å². The van der Waals surface area contributed by atoms with Gasteiger partial charge < -0.3 is 4.74 Å². The van der Waals surface area contributed by atoms with E-state index in [1.54, 1.807) is 0 Å². The van der Waals surface area contributed by atoms with Gasteiger partial charge in [-0.15, -0.1) is 0 Å². The van der Waals surface area contributed by atoms with Crippen molar-refractivity contribution in [3.8, 4) is 0 Å². The van der Waals surface area contributed by atoms with Crippen molar-refractivity contribution in [1.29, 1.82) is 0 Å². The molecule has 4 nitrogen and oxygen atoms in total. The Balaban J connectivity index is 2.65. The molecule has 1 rings (SSSR count). The number of aromatic amines is 1. The van der Waals surface area contributed by atoms with Crippen LogP contribution in [-0.2, 0) is 16.0 Å². The van der Waals surface area contributed by atoms with Crippen LogP contribution < -0.4 is 0 Å². The molecule has 0 bridgehead atoms. The molecule has 0 aliphatic heterocycles. The van der Waals surface area contributed by atoms with E-state index in [9.17, 15) is 18.0 Å². The van der Waals surface area contributed by atoms with Gasteiger partial charge in [-0.3, -0.25) is 9.89 Å². The summed E-state index contributed by atoms with van der Waals surface area (Å²) in [5, 5.41) is 5.85. The molecule has 1 aromatic rings. The Bertz CT molecular complexity index is 284. The summed E-state index contributed by atoms with van der Waals surface area (Å²) in [6.07, 6.45) is -4.55. The van der Waals surface area contributed by atoms with Crippen LogP contribution in [0.25, 0.3) is 0 Å². The van der Waals surface area contributed by atoms with Gasteiger partial charge in [0.1, 0.15) is 0 Å². The first-order valence-electron chi connectivity index (χ1n) is 3.67. The molecule has 0 spiro atoms. The summed E-state index contributed by atoms with van der Waals surface area (Å²) in [6.45, 7) is -0.210. The normalized spacial score (nSPS) is 13.6. The zero-order valence-electron chi connectivity index (χ0n) is 6.91. The van der Waals surface area contributed by atoms with E-state index < -0.39 is 18.7 Å². The number of rotatable bonds is 4. The maximum Gasteiger partial charge on any atom is 0.425 e. The van der Waals surface area contributed by atoms with Crippen LogP contribution in [0.2, 0.25) is 0 Å². The number of nitrogens with zero attached hydrogens (tertiary/aromatic N) is 1. The summed E-state index contributed by atoms with van der Waals surface area (Å²) in [4.78, 5) is 9.84. The van der Waals surface area contributed by atoms with Gasteiger partial charge in [0, 0.05) is 12.6 Å². The third kappa shape index (κ3) is 2.75. The summed E-state index contributed by atoms with van der Waals surface area (Å²) < 4.78 is 40.5. The van der Waals surface area contributed by atoms with E-state index in [0.717, 1.165) is 0 Å². The number of carbonyl (C=O) groups excluding carboxylic acids is 1. The van der Waals surface area contributed by atoms with Crippen LogP contribution in [0.15, 0.2) is 12.4 Å². The minimum Gasteiger partial charge on any atom is -0.455 e. The van der Waals surface area contributed by atoms with Crippen molar-refractivity contribution in [2.24, 2.45) is 0 Å². The van der Waals surface area contributed by atoms with Crippen molar-refractivity contribution < 1.29 is 22.7 Å². The van der Waals surface area contributed by atoms with Crippen molar-refractivity contribution in [2.45, 2.75) is 18.7 Å². The first kappa shape index (κ1) is 10.6. The monoisotopic (exact) mass is 208 g/mol. The van der Waals surface area contributed by atoms with E-state index in [1.807, 2.05) is 0 Å². The molecule has 1 unspecified atom stereocenters. The lowest BCUT2D eigenvalue weighted by Gasteiger charge is -2.17. The Morgan fingerprint density at radius 1 is 1.64 bits per heavy atom. The van der Waals surface area contributed by atoms with E-state index in [1.165, 1.54) is 12.4 Å². The Morgan fingerprint density at radius 3 is 2.79 bits per heavy atom. The summed E-state index contributed by atoms with van der Waals surface area (Å²) in [7, 11) is 0. The molecule has 0 radical (unpaired) electrons. The fourth-order valence-electron chi connectivity index (χ4n) is 0.911. The molecule has 1 heterocycles. The maximum absolute atomic E-state index is 12.2. The highest BCUT2D eigenvalue weighted by Gasteiger charge is 2.41. The number of hydrogen-bond acceptors (Lipinski definition) is 3. The summed E-state index contributed by atoms with van der Waals surface area (Å²) in [6, 6.07) is 0. The first-order chi connectivity index (χ1) is 6.54. The number of alkyl halides is 3. The lowest BCUT2D eigenvalue weighted by Crippen LogP contribution is -2.33. The highest BCUT2D eigenvalue weighted by Crippen LogP contribution is 2.25. The van der Waals surface area contributed by atoms with E-state index in [0.29, 0.717) is 5.56 Å². The first-order valence-corrected chi connectivity index (χ1v) is 3.67. The minimum atomic E-state index is -4.56. The number of hydrogen-bond donors (Lipinski definition) is 1. The van der Waals surface area contributed by atoms with Gasteiger partial charge in [-0.25, -0.2) is 0 Å². The molecule has 0 aromatic carbocycles. The Morgan fingerprint density at radius 2 is 2.36 bits per heavy atom. The van der Waals surface area contributed by atoms with Crippen LogP contribution >= 0.6 is 0 Å². The molecular weight excluding hydrogens is 201 g/mol. The second kappa shape index (κ2) is 4.12. The van der Waals surface area contributed by atoms with Crippen molar-refractivity contribution in [2.75, 3.05) is 0 Å². The van der Waals surface area contributed by atoms with Gasteiger partial charge in [-0.2, -0.15) is 18.3 Å². The molecule has 7 heteroatoms. The van der Waals surface area contributed by atoms with Crippen molar-refractivity contribution in [3.05, 3.63) is 18.0 Å². The van der Waals surface area contributed by atoms with E-state index in [-0.39, 0.29) is 6.47 Å². The molecule has 1 atom stereocenters. The Kier molecular flexibility index (Phi) is 3.10. The molecule has 1 aromatic heterocycles. The molecule has 14 heavy (non-hydrogen) atoms. The van der Waals surface area contributed by atoms with Crippen LogP contribution in [0.5, 0.6) is 0 Å². The van der Waals surface area contributed by atoms with Gasteiger partial charge in [0.15, 0.2) is 0 Å². The van der Waals surface area contributed by atoms with E-state index in [4.69, 9.17) is 0 Å². The molecule has 0 saturated carbocycles. The zero-order chi connectivity index (χ0) is 10.6. The summed E-state index contributed by atoms with van der Waals surface area (Å²) >= 11 is 0. The fraction of sp³-hybridized carbons (Fsp3) is 0.429. The number of halogens is 3. The lowest BCUT2D eigenvalue weighted by molar-refractivity contribution is -0.213. The lowest BCUT2D eigenvalue weighted by atomic mass is 10.1. The van der Waals surface area contributed by atoms with Crippen LogP contribution in [0.3, 0.4) is 0 Å². The fourth-order valence-corrected chi connectivity index (χ4v) is 0.911. The third-order valence-electron chi connectivity index (χ3n) is 1.56. The zero-order valence-corrected chi connectivity index (χ0v) is 6.91.